The third-order valence-electron chi connectivity index (χ3n) is 6.44. The van der Waals surface area contributed by atoms with Crippen LogP contribution >= 0.6 is 0 Å². The Labute approximate surface area is 133 Å². The van der Waals surface area contributed by atoms with E-state index in [1.54, 1.807) is 0 Å². The highest BCUT2D eigenvalue weighted by molar-refractivity contribution is 5.86. The molecule has 2 aliphatic rings. The number of fused-ring (bicyclic) bond motifs is 3. The van der Waals surface area contributed by atoms with Crippen LogP contribution < -0.4 is 0 Å². The summed E-state index contributed by atoms with van der Waals surface area (Å²) < 4.78 is 0. The molecule has 0 radical (unpaired) electrons. The van der Waals surface area contributed by atoms with Crippen molar-refractivity contribution in [2.24, 2.45) is 11.3 Å². The molecule has 0 aliphatic heterocycles. The van der Waals surface area contributed by atoms with Gasteiger partial charge in [-0.15, -0.1) is 0 Å². The topological polar surface area (TPSA) is 37.3 Å². The lowest BCUT2D eigenvalue weighted by Gasteiger charge is -2.53. The molecule has 1 N–H and O–H groups in total. The second kappa shape index (κ2) is 4.84. The van der Waals surface area contributed by atoms with Crippen LogP contribution in [0.3, 0.4) is 0 Å². The highest BCUT2D eigenvalue weighted by atomic mass is 16.3. The second-order valence-electron chi connectivity index (χ2n) is 8.33. The Morgan fingerprint density at radius 1 is 1.18 bits per heavy atom. The predicted molar refractivity (Wildman–Crippen MR) is 89.4 cm³/mol. The molecule has 2 heteroatoms. The molecule has 1 aromatic carbocycles. The molecule has 3 rings (SSSR count). The van der Waals surface area contributed by atoms with E-state index >= 15 is 0 Å². The second-order valence-corrected chi connectivity index (χ2v) is 8.33. The van der Waals surface area contributed by atoms with E-state index in [1.807, 2.05) is 6.07 Å². The number of phenols is 1. The first-order valence-electron chi connectivity index (χ1n) is 8.58. The molecule has 2 atom stereocenters. The Kier molecular flexibility index (Phi) is 3.43. The maximum absolute atomic E-state index is 12.4. The van der Waals surface area contributed by atoms with Crippen LogP contribution in [0.1, 0.15) is 76.5 Å². The zero-order valence-corrected chi connectivity index (χ0v) is 14.5. The summed E-state index contributed by atoms with van der Waals surface area (Å²) in [6.45, 7) is 10.9. The first kappa shape index (κ1) is 15.6. The fraction of sp³-hybridized carbons (Fsp3) is 0.650. The fourth-order valence-electron chi connectivity index (χ4n) is 5.25. The lowest BCUT2D eigenvalue weighted by atomic mass is 9.49. The number of carbonyl (C=O) groups excluding carboxylic acids is 1. The van der Waals surface area contributed by atoms with Crippen molar-refractivity contribution in [2.75, 3.05) is 0 Å². The number of hydrogen-bond acceptors (Lipinski definition) is 2. The molecule has 2 aliphatic carbocycles. The van der Waals surface area contributed by atoms with Crippen LogP contribution in [0.4, 0.5) is 0 Å². The summed E-state index contributed by atoms with van der Waals surface area (Å²) in [4.78, 5) is 12.4. The van der Waals surface area contributed by atoms with Gasteiger partial charge >= 0.3 is 0 Å². The Bertz CT molecular complexity index is 627. The average Bonchev–Trinajstić information content (AvgIpc) is 2.42. The largest absolute Gasteiger partial charge is 0.508 e. The van der Waals surface area contributed by atoms with Gasteiger partial charge in [-0.1, -0.05) is 40.7 Å². The van der Waals surface area contributed by atoms with Gasteiger partial charge in [-0.2, -0.15) is 0 Å². The molecular formula is C20H28O2. The summed E-state index contributed by atoms with van der Waals surface area (Å²) in [5, 5.41) is 10.3. The first-order chi connectivity index (χ1) is 10.2. The van der Waals surface area contributed by atoms with E-state index in [1.165, 1.54) is 11.1 Å². The normalized spacial score (nSPS) is 30.1. The average molecular weight is 300 g/mol. The Morgan fingerprint density at radius 2 is 1.86 bits per heavy atom. The molecule has 0 spiro atoms. The molecular weight excluding hydrogens is 272 g/mol. The van der Waals surface area contributed by atoms with Crippen LogP contribution in [-0.4, -0.2) is 10.9 Å². The van der Waals surface area contributed by atoms with E-state index in [0.29, 0.717) is 29.8 Å². The predicted octanol–water partition coefficient (Wildman–Crippen LogP) is 4.72. The number of carbonyl (C=O) groups is 1. The third-order valence-corrected chi connectivity index (χ3v) is 6.44. The molecule has 1 saturated carbocycles. The summed E-state index contributed by atoms with van der Waals surface area (Å²) in [7, 11) is 0. The number of Topliss-reactive ketones (excluding diaryl/α,β-unsaturated/α-hetero) is 1. The van der Waals surface area contributed by atoms with Crippen LogP contribution in [0.25, 0.3) is 0 Å². The van der Waals surface area contributed by atoms with Gasteiger partial charge in [0.1, 0.15) is 11.5 Å². The van der Waals surface area contributed by atoms with Crippen LogP contribution in [0.15, 0.2) is 12.1 Å². The molecule has 1 aromatic rings. The van der Waals surface area contributed by atoms with Gasteiger partial charge in [-0.25, -0.2) is 0 Å². The fourth-order valence-corrected chi connectivity index (χ4v) is 5.25. The minimum Gasteiger partial charge on any atom is -0.508 e. The lowest BCUT2D eigenvalue weighted by molar-refractivity contribution is -0.137. The first-order valence-corrected chi connectivity index (χ1v) is 8.58. The van der Waals surface area contributed by atoms with E-state index < -0.39 is 0 Å². The minimum absolute atomic E-state index is 0.0579. The van der Waals surface area contributed by atoms with E-state index in [9.17, 15) is 9.90 Å². The number of benzene rings is 1. The molecule has 120 valence electrons. The van der Waals surface area contributed by atoms with Crippen molar-refractivity contribution in [2.45, 2.75) is 71.6 Å². The van der Waals surface area contributed by atoms with Crippen LogP contribution in [0.5, 0.6) is 5.75 Å². The molecule has 0 amide bonds. The Morgan fingerprint density at radius 3 is 2.50 bits per heavy atom. The van der Waals surface area contributed by atoms with Crippen molar-refractivity contribution in [3.63, 3.8) is 0 Å². The smallest absolute Gasteiger partial charge is 0.138 e. The molecule has 1 fully saturated rings. The molecule has 22 heavy (non-hydrogen) atoms. The van der Waals surface area contributed by atoms with Gasteiger partial charge in [0.25, 0.3) is 0 Å². The SMILES string of the molecule is CC(C)c1c(O)ccc2c1CCC1C(C)(C)C(=O)CCC21C. The minimum atomic E-state index is -0.236. The molecule has 2 nitrogen and oxygen atoms in total. The van der Waals surface area contributed by atoms with Gasteiger partial charge in [0.05, 0.1) is 0 Å². The van der Waals surface area contributed by atoms with Gasteiger partial charge in [-0.05, 0) is 59.3 Å². The van der Waals surface area contributed by atoms with E-state index in [-0.39, 0.29) is 10.8 Å². The van der Waals surface area contributed by atoms with Gasteiger partial charge in [0, 0.05) is 11.8 Å². The standard InChI is InChI=1S/C20H28O2/c1-12(2)18-13-6-9-16-19(3,4)17(22)10-11-20(16,5)14(13)7-8-15(18)21/h7-8,12,16,21H,6,9-11H2,1-5H3. The molecule has 0 bridgehead atoms. The van der Waals surface area contributed by atoms with Crippen molar-refractivity contribution in [3.05, 3.63) is 28.8 Å². The summed E-state index contributed by atoms with van der Waals surface area (Å²) >= 11 is 0. The van der Waals surface area contributed by atoms with Crippen LogP contribution in [-0.2, 0) is 16.6 Å². The van der Waals surface area contributed by atoms with Crippen molar-refractivity contribution in [1.82, 2.24) is 0 Å². The molecule has 0 heterocycles. The monoisotopic (exact) mass is 300 g/mol. The summed E-state index contributed by atoms with van der Waals surface area (Å²) in [5.41, 5.74) is 3.67. The summed E-state index contributed by atoms with van der Waals surface area (Å²) in [5.74, 6) is 1.58. The van der Waals surface area contributed by atoms with Crippen molar-refractivity contribution < 1.29 is 9.90 Å². The summed E-state index contributed by atoms with van der Waals surface area (Å²) in [6, 6.07) is 3.99. The van der Waals surface area contributed by atoms with Gasteiger partial charge in [0.15, 0.2) is 0 Å². The maximum atomic E-state index is 12.4. The van der Waals surface area contributed by atoms with E-state index in [4.69, 9.17) is 0 Å². The number of phenolic OH excluding ortho intramolecular Hbond substituents is 1. The van der Waals surface area contributed by atoms with E-state index in [0.717, 1.165) is 24.8 Å². The van der Waals surface area contributed by atoms with Gasteiger partial charge in [-0.3, -0.25) is 4.79 Å². The van der Waals surface area contributed by atoms with Crippen LogP contribution in [0, 0.1) is 11.3 Å². The number of hydrogen-bond donors (Lipinski definition) is 1. The Hall–Kier alpha value is -1.31. The zero-order chi connectivity index (χ0) is 16.3. The molecule has 2 unspecified atom stereocenters. The van der Waals surface area contributed by atoms with Crippen molar-refractivity contribution >= 4 is 5.78 Å². The summed E-state index contributed by atoms with van der Waals surface area (Å²) in [6.07, 6.45) is 3.65. The zero-order valence-electron chi connectivity index (χ0n) is 14.5. The van der Waals surface area contributed by atoms with Crippen molar-refractivity contribution in [1.29, 1.82) is 0 Å². The molecule has 0 aromatic heterocycles. The van der Waals surface area contributed by atoms with Crippen LogP contribution in [0.2, 0.25) is 0 Å². The van der Waals surface area contributed by atoms with E-state index in [2.05, 4.69) is 40.7 Å². The molecule has 0 saturated heterocycles. The lowest BCUT2D eigenvalue weighted by Crippen LogP contribution is -2.52. The highest BCUT2D eigenvalue weighted by Crippen LogP contribution is 2.57. The number of rotatable bonds is 1. The van der Waals surface area contributed by atoms with Gasteiger partial charge < -0.3 is 5.11 Å². The maximum Gasteiger partial charge on any atom is 0.138 e. The quantitative estimate of drug-likeness (QED) is 0.814. The number of aromatic hydroxyl groups is 1. The van der Waals surface area contributed by atoms with Crippen molar-refractivity contribution in [3.8, 4) is 5.75 Å². The highest BCUT2D eigenvalue weighted by Gasteiger charge is 2.53. The number of ketones is 1. The Balaban J connectivity index is 2.18. The third kappa shape index (κ3) is 1.96. The van der Waals surface area contributed by atoms with Gasteiger partial charge in [0.2, 0.25) is 0 Å².